The molecule has 0 radical (unpaired) electrons. The summed E-state index contributed by atoms with van der Waals surface area (Å²) >= 11 is 5.83. The van der Waals surface area contributed by atoms with E-state index in [1.807, 2.05) is 24.3 Å². The first-order valence-electron chi connectivity index (χ1n) is 6.51. The molecule has 0 spiro atoms. The molecule has 0 aromatic heterocycles. The zero-order valence-corrected chi connectivity index (χ0v) is 12.1. The Bertz CT molecular complexity index is 616. The molecule has 1 amide bonds. The van der Waals surface area contributed by atoms with Crippen LogP contribution in [0.2, 0.25) is 5.02 Å². The van der Waals surface area contributed by atoms with Crippen LogP contribution in [-0.2, 0) is 17.9 Å². The first-order valence-corrected chi connectivity index (χ1v) is 6.89. The number of carbonyl (C=O) groups is 1. The maximum Gasteiger partial charge on any atom is 0.258 e. The number of hydrogen-bond donors (Lipinski definition) is 2. The van der Waals surface area contributed by atoms with Crippen molar-refractivity contribution < 1.29 is 14.6 Å². The summed E-state index contributed by atoms with van der Waals surface area (Å²) in [6.45, 7) is 0.311. The van der Waals surface area contributed by atoms with E-state index in [9.17, 15) is 4.79 Å². The molecule has 0 heterocycles. The van der Waals surface area contributed by atoms with Gasteiger partial charge in [-0.15, -0.1) is 0 Å². The Morgan fingerprint density at radius 1 is 1.14 bits per heavy atom. The third kappa shape index (κ3) is 5.10. The summed E-state index contributed by atoms with van der Waals surface area (Å²) in [6, 6.07) is 14.3. The van der Waals surface area contributed by atoms with Crippen LogP contribution in [0.5, 0.6) is 5.75 Å². The fraction of sp³-hybridized carbons (Fsp3) is 0.188. The monoisotopic (exact) mass is 305 g/mol. The standard InChI is InChI=1S/C16H16ClNO3/c17-14-5-2-6-15(8-14)21-11-16(20)18-9-12-3-1-4-13(7-12)10-19/h1-8,19H,9-11H2,(H,18,20). The molecule has 4 nitrogen and oxygen atoms in total. The van der Waals surface area contributed by atoms with Gasteiger partial charge in [0.1, 0.15) is 5.75 Å². The molecular formula is C16H16ClNO3. The lowest BCUT2D eigenvalue weighted by atomic mass is 10.1. The van der Waals surface area contributed by atoms with Crippen LogP contribution in [-0.4, -0.2) is 17.6 Å². The highest BCUT2D eigenvalue weighted by Gasteiger charge is 2.03. The van der Waals surface area contributed by atoms with Gasteiger partial charge in [0.05, 0.1) is 6.61 Å². The highest BCUT2D eigenvalue weighted by Crippen LogP contribution is 2.16. The second kappa shape index (κ2) is 7.67. The average molecular weight is 306 g/mol. The van der Waals surface area contributed by atoms with Crippen LogP contribution in [0.3, 0.4) is 0 Å². The maximum atomic E-state index is 11.7. The van der Waals surface area contributed by atoms with E-state index in [4.69, 9.17) is 21.4 Å². The summed E-state index contributed by atoms with van der Waals surface area (Å²) in [7, 11) is 0. The van der Waals surface area contributed by atoms with E-state index in [0.29, 0.717) is 17.3 Å². The Morgan fingerprint density at radius 2 is 1.90 bits per heavy atom. The second-order valence-corrected chi connectivity index (χ2v) is 4.94. The Hall–Kier alpha value is -2.04. The van der Waals surface area contributed by atoms with Gasteiger partial charge in [-0.25, -0.2) is 0 Å². The molecule has 0 unspecified atom stereocenters. The molecule has 0 atom stereocenters. The van der Waals surface area contributed by atoms with Crippen molar-refractivity contribution in [2.24, 2.45) is 0 Å². The van der Waals surface area contributed by atoms with Gasteiger partial charge in [-0.1, -0.05) is 41.9 Å². The van der Waals surface area contributed by atoms with Gasteiger partial charge in [0.2, 0.25) is 0 Å². The van der Waals surface area contributed by atoms with Crippen molar-refractivity contribution in [1.29, 1.82) is 0 Å². The molecule has 2 N–H and O–H groups in total. The van der Waals surface area contributed by atoms with E-state index < -0.39 is 0 Å². The van der Waals surface area contributed by atoms with E-state index in [0.717, 1.165) is 11.1 Å². The predicted octanol–water partition coefficient (Wildman–Crippen LogP) is 2.53. The van der Waals surface area contributed by atoms with Gasteiger partial charge in [-0.2, -0.15) is 0 Å². The van der Waals surface area contributed by atoms with Gasteiger partial charge in [-0.05, 0) is 29.3 Å². The predicted molar refractivity (Wildman–Crippen MR) is 81.2 cm³/mol. The third-order valence-corrected chi connectivity index (χ3v) is 3.06. The zero-order chi connectivity index (χ0) is 15.1. The summed E-state index contributed by atoms with van der Waals surface area (Å²) in [6.07, 6.45) is 0. The van der Waals surface area contributed by atoms with E-state index >= 15 is 0 Å². The highest BCUT2D eigenvalue weighted by molar-refractivity contribution is 6.30. The number of hydrogen-bond acceptors (Lipinski definition) is 3. The van der Waals surface area contributed by atoms with Crippen molar-refractivity contribution in [3.8, 4) is 5.75 Å². The zero-order valence-electron chi connectivity index (χ0n) is 11.4. The lowest BCUT2D eigenvalue weighted by Gasteiger charge is -2.08. The summed E-state index contributed by atoms with van der Waals surface area (Å²) in [5, 5.41) is 12.4. The van der Waals surface area contributed by atoms with E-state index in [1.54, 1.807) is 24.3 Å². The van der Waals surface area contributed by atoms with Crippen LogP contribution in [0.4, 0.5) is 0 Å². The van der Waals surface area contributed by atoms with Gasteiger partial charge >= 0.3 is 0 Å². The van der Waals surface area contributed by atoms with Crippen LogP contribution in [0.15, 0.2) is 48.5 Å². The number of aliphatic hydroxyl groups is 1. The van der Waals surface area contributed by atoms with Crippen molar-refractivity contribution in [1.82, 2.24) is 5.32 Å². The molecule has 0 saturated heterocycles. The molecule has 5 heteroatoms. The lowest BCUT2D eigenvalue weighted by Crippen LogP contribution is -2.28. The Kier molecular flexibility index (Phi) is 5.60. The quantitative estimate of drug-likeness (QED) is 0.862. The van der Waals surface area contributed by atoms with Gasteiger partial charge in [0.15, 0.2) is 6.61 Å². The normalized spacial score (nSPS) is 10.2. The molecular weight excluding hydrogens is 290 g/mol. The summed E-state index contributed by atoms with van der Waals surface area (Å²) in [5.74, 6) is 0.337. The van der Waals surface area contributed by atoms with E-state index in [2.05, 4.69) is 5.32 Å². The Labute approximate surface area is 128 Å². The lowest BCUT2D eigenvalue weighted by molar-refractivity contribution is -0.123. The Morgan fingerprint density at radius 3 is 2.67 bits per heavy atom. The fourth-order valence-electron chi connectivity index (χ4n) is 1.80. The first-order chi connectivity index (χ1) is 10.2. The summed E-state index contributed by atoms with van der Waals surface area (Å²) in [5.41, 5.74) is 1.74. The third-order valence-electron chi connectivity index (χ3n) is 2.83. The van der Waals surface area contributed by atoms with E-state index in [1.165, 1.54) is 0 Å². The molecule has 2 aromatic carbocycles. The fourth-order valence-corrected chi connectivity index (χ4v) is 1.98. The molecule has 110 valence electrons. The number of carbonyl (C=O) groups excluding carboxylic acids is 1. The minimum absolute atomic E-state index is 0.0142. The average Bonchev–Trinajstić information content (AvgIpc) is 2.51. The van der Waals surface area contributed by atoms with Crippen LogP contribution in [0, 0.1) is 0 Å². The van der Waals surface area contributed by atoms with Crippen molar-refractivity contribution in [3.05, 3.63) is 64.7 Å². The molecule has 0 saturated carbocycles. The molecule has 0 aliphatic heterocycles. The van der Waals surface area contributed by atoms with Crippen molar-refractivity contribution in [2.45, 2.75) is 13.2 Å². The number of benzene rings is 2. The molecule has 0 fully saturated rings. The molecule has 2 aromatic rings. The number of halogens is 1. The largest absolute Gasteiger partial charge is 0.484 e. The molecule has 0 aliphatic carbocycles. The van der Waals surface area contributed by atoms with Crippen molar-refractivity contribution >= 4 is 17.5 Å². The SMILES string of the molecule is O=C(COc1cccc(Cl)c1)NCc1cccc(CO)c1. The van der Waals surface area contributed by atoms with Crippen LogP contribution in [0.25, 0.3) is 0 Å². The maximum absolute atomic E-state index is 11.7. The topological polar surface area (TPSA) is 58.6 Å². The minimum Gasteiger partial charge on any atom is -0.484 e. The number of nitrogens with one attached hydrogen (secondary N) is 1. The number of amides is 1. The number of ether oxygens (including phenoxy) is 1. The molecule has 0 bridgehead atoms. The molecule has 2 rings (SSSR count). The van der Waals surface area contributed by atoms with Crippen LogP contribution >= 0.6 is 11.6 Å². The smallest absolute Gasteiger partial charge is 0.258 e. The van der Waals surface area contributed by atoms with Crippen LogP contribution in [0.1, 0.15) is 11.1 Å². The van der Waals surface area contributed by atoms with Gasteiger partial charge < -0.3 is 15.2 Å². The van der Waals surface area contributed by atoms with Gasteiger partial charge in [0.25, 0.3) is 5.91 Å². The summed E-state index contributed by atoms with van der Waals surface area (Å²) < 4.78 is 5.35. The van der Waals surface area contributed by atoms with Crippen LogP contribution < -0.4 is 10.1 Å². The van der Waals surface area contributed by atoms with Gasteiger partial charge in [0, 0.05) is 11.6 Å². The summed E-state index contributed by atoms with van der Waals surface area (Å²) in [4.78, 5) is 11.7. The van der Waals surface area contributed by atoms with E-state index in [-0.39, 0.29) is 19.1 Å². The first kappa shape index (κ1) is 15.4. The molecule has 21 heavy (non-hydrogen) atoms. The number of rotatable bonds is 6. The minimum atomic E-state index is -0.218. The van der Waals surface area contributed by atoms with Crippen molar-refractivity contribution in [2.75, 3.05) is 6.61 Å². The van der Waals surface area contributed by atoms with Gasteiger partial charge in [-0.3, -0.25) is 4.79 Å². The van der Waals surface area contributed by atoms with Crippen molar-refractivity contribution in [3.63, 3.8) is 0 Å². The second-order valence-electron chi connectivity index (χ2n) is 4.50. The Balaban J connectivity index is 1.79. The highest BCUT2D eigenvalue weighted by atomic mass is 35.5. The molecule has 0 aliphatic rings. The number of aliphatic hydroxyl groups excluding tert-OH is 1.